The molecule has 2 heterocycles. The van der Waals surface area contributed by atoms with Crippen LogP contribution >= 0.6 is 0 Å². The minimum atomic E-state index is -0.376. The summed E-state index contributed by atoms with van der Waals surface area (Å²) in [6, 6.07) is 13.7. The Morgan fingerprint density at radius 1 is 1.19 bits per heavy atom. The highest BCUT2D eigenvalue weighted by atomic mass is 16.3. The second-order valence-electron chi connectivity index (χ2n) is 6.25. The van der Waals surface area contributed by atoms with Gasteiger partial charge in [-0.1, -0.05) is 0 Å². The number of amides is 1. The predicted octanol–water partition coefficient (Wildman–Crippen LogP) is 3.52. The Balaban J connectivity index is 1.79. The van der Waals surface area contributed by atoms with Crippen molar-refractivity contribution >= 4 is 17.8 Å². The number of benzene rings is 1. The minimum Gasteiger partial charge on any atom is -0.459 e. The van der Waals surface area contributed by atoms with Gasteiger partial charge in [-0.2, -0.15) is 5.10 Å². The van der Waals surface area contributed by atoms with E-state index < -0.39 is 0 Å². The van der Waals surface area contributed by atoms with Gasteiger partial charge in [-0.25, -0.2) is 5.43 Å². The molecular weight excluding hydrogens is 328 g/mol. The van der Waals surface area contributed by atoms with Crippen LogP contribution in [0.25, 0.3) is 5.69 Å². The van der Waals surface area contributed by atoms with Gasteiger partial charge in [0, 0.05) is 42.4 Å². The maximum Gasteiger partial charge on any atom is 0.307 e. The molecule has 1 aromatic carbocycles. The number of hydrazone groups is 1. The monoisotopic (exact) mass is 350 g/mol. The van der Waals surface area contributed by atoms with Gasteiger partial charge < -0.3 is 13.9 Å². The number of carbonyl (C=O) groups is 1. The van der Waals surface area contributed by atoms with Gasteiger partial charge >= 0.3 is 5.91 Å². The maximum atomic E-state index is 11.8. The molecule has 3 rings (SSSR count). The largest absolute Gasteiger partial charge is 0.459 e. The van der Waals surface area contributed by atoms with Crippen molar-refractivity contribution in [3.8, 4) is 5.69 Å². The third kappa shape index (κ3) is 3.54. The number of furan rings is 1. The molecule has 0 fully saturated rings. The van der Waals surface area contributed by atoms with Gasteiger partial charge in [-0.05, 0) is 56.3 Å². The first kappa shape index (κ1) is 17.5. The smallest absolute Gasteiger partial charge is 0.307 e. The van der Waals surface area contributed by atoms with Crippen LogP contribution in [0.5, 0.6) is 0 Å². The molecule has 134 valence electrons. The van der Waals surface area contributed by atoms with Gasteiger partial charge in [0.1, 0.15) is 0 Å². The van der Waals surface area contributed by atoms with Crippen molar-refractivity contribution in [3.63, 3.8) is 0 Å². The molecule has 0 unspecified atom stereocenters. The summed E-state index contributed by atoms with van der Waals surface area (Å²) in [5.41, 5.74) is 7.80. The molecule has 0 saturated heterocycles. The van der Waals surface area contributed by atoms with Crippen LogP contribution in [-0.4, -0.2) is 30.8 Å². The van der Waals surface area contributed by atoms with Gasteiger partial charge in [0.2, 0.25) is 0 Å². The van der Waals surface area contributed by atoms with Crippen molar-refractivity contribution in [1.82, 2.24) is 9.99 Å². The number of anilines is 1. The Hall–Kier alpha value is -3.28. The lowest BCUT2D eigenvalue weighted by Gasteiger charge is -2.14. The molecule has 2 aromatic heterocycles. The first-order valence-corrected chi connectivity index (χ1v) is 8.31. The second-order valence-corrected chi connectivity index (χ2v) is 6.25. The third-order valence-corrected chi connectivity index (χ3v) is 4.21. The van der Waals surface area contributed by atoms with Gasteiger partial charge in [-0.15, -0.1) is 0 Å². The summed E-state index contributed by atoms with van der Waals surface area (Å²) >= 11 is 0. The molecule has 0 bridgehead atoms. The topological polar surface area (TPSA) is 62.8 Å². The van der Waals surface area contributed by atoms with Crippen LogP contribution in [0.2, 0.25) is 0 Å². The summed E-state index contributed by atoms with van der Waals surface area (Å²) in [4.78, 5) is 13.9. The Morgan fingerprint density at radius 2 is 1.92 bits per heavy atom. The number of aryl methyl sites for hydroxylation is 1. The standard InChI is InChI=1S/C20H22N4O2/c1-14-12-16(13-21-22-20(25)19-6-5-11-26-19)15(2)24(14)18-9-7-17(8-10-18)23(3)4/h5-13H,1-4H3,(H,22,25)/b21-13-. The van der Waals surface area contributed by atoms with E-state index in [4.69, 9.17) is 4.42 Å². The lowest BCUT2D eigenvalue weighted by Crippen LogP contribution is -2.16. The molecule has 1 amide bonds. The molecule has 0 spiro atoms. The molecule has 0 radical (unpaired) electrons. The molecule has 0 aliphatic carbocycles. The van der Waals surface area contributed by atoms with E-state index in [0.717, 1.165) is 28.3 Å². The molecule has 26 heavy (non-hydrogen) atoms. The van der Waals surface area contributed by atoms with Crippen LogP contribution in [-0.2, 0) is 0 Å². The molecule has 0 atom stereocenters. The quantitative estimate of drug-likeness (QED) is 0.566. The van der Waals surface area contributed by atoms with Crippen molar-refractivity contribution in [2.24, 2.45) is 5.10 Å². The van der Waals surface area contributed by atoms with Crippen molar-refractivity contribution < 1.29 is 9.21 Å². The van der Waals surface area contributed by atoms with Gasteiger partial charge in [-0.3, -0.25) is 4.79 Å². The number of hydrogen-bond donors (Lipinski definition) is 1. The maximum absolute atomic E-state index is 11.8. The number of aromatic nitrogens is 1. The molecule has 6 heteroatoms. The summed E-state index contributed by atoms with van der Waals surface area (Å²) in [6.07, 6.45) is 3.10. The molecule has 0 aliphatic heterocycles. The van der Waals surface area contributed by atoms with Crippen molar-refractivity contribution in [1.29, 1.82) is 0 Å². The first-order valence-electron chi connectivity index (χ1n) is 8.31. The zero-order valence-electron chi connectivity index (χ0n) is 15.4. The first-order chi connectivity index (χ1) is 12.5. The average Bonchev–Trinajstić information content (AvgIpc) is 3.24. The summed E-state index contributed by atoms with van der Waals surface area (Å²) < 4.78 is 7.20. The SMILES string of the molecule is Cc1cc(/C=N\NC(=O)c2ccco2)c(C)n1-c1ccc(N(C)C)cc1. The number of rotatable bonds is 5. The van der Waals surface area contributed by atoms with Crippen LogP contribution in [0.15, 0.2) is 58.2 Å². The lowest BCUT2D eigenvalue weighted by atomic mass is 10.2. The highest BCUT2D eigenvalue weighted by Crippen LogP contribution is 2.22. The van der Waals surface area contributed by atoms with E-state index in [1.807, 2.05) is 34.0 Å². The third-order valence-electron chi connectivity index (χ3n) is 4.21. The average molecular weight is 350 g/mol. The molecule has 3 aromatic rings. The highest BCUT2D eigenvalue weighted by Gasteiger charge is 2.10. The van der Waals surface area contributed by atoms with E-state index in [9.17, 15) is 4.79 Å². The van der Waals surface area contributed by atoms with Gasteiger partial charge in [0.25, 0.3) is 0 Å². The van der Waals surface area contributed by atoms with E-state index in [1.54, 1.807) is 18.3 Å². The molecule has 0 saturated carbocycles. The summed E-state index contributed by atoms with van der Waals surface area (Å²) in [6.45, 7) is 4.08. The fourth-order valence-corrected chi connectivity index (χ4v) is 2.84. The summed E-state index contributed by atoms with van der Waals surface area (Å²) in [5.74, 6) is -0.145. The van der Waals surface area contributed by atoms with E-state index in [1.165, 1.54) is 6.26 Å². The molecule has 0 aliphatic rings. The Morgan fingerprint density at radius 3 is 2.54 bits per heavy atom. The van der Waals surface area contributed by atoms with Gasteiger partial charge in [0.05, 0.1) is 12.5 Å². The highest BCUT2D eigenvalue weighted by molar-refractivity contribution is 5.92. The van der Waals surface area contributed by atoms with Crippen LogP contribution in [0.1, 0.15) is 27.5 Å². The van der Waals surface area contributed by atoms with Crippen molar-refractivity contribution in [3.05, 3.63) is 71.4 Å². The lowest BCUT2D eigenvalue weighted by molar-refractivity contribution is 0.0927. The number of carbonyl (C=O) groups excluding carboxylic acids is 1. The fourth-order valence-electron chi connectivity index (χ4n) is 2.84. The van der Waals surface area contributed by atoms with E-state index in [2.05, 4.69) is 44.3 Å². The fraction of sp³-hybridized carbons (Fsp3) is 0.200. The van der Waals surface area contributed by atoms with Crippen LogP contribution in [0.4, 0.5) is 5.69 Å². The second kappa shape index (κ2) is 7.31. The summed E-state index contributed by atoms with van der Waals surface area (Å²) in [7, 11) is 4.04. The predicted molar refractivity (Wildman–Crippen MR) is 103 cm³/mol. The zero-order chi connectivity index (χ0) is 18.7. The van der Waals surface area contributed by atoms with Gasteiger partial charge in [0.15, 0.2) is 5.76 Å². The van der Waals surface area contributed by atoms with Crippen LogP contribution < -0.4 is 10.3 Å². The Kier molecular flexibility index (Phi) is 4.93. The number of hydrogen-bond acceptors (Lipinski definition) is 4. The molecule has 1 N–H and O–H groups in total. The number of nitrogens with zero attached hydrogens (tertiary/aromatic N) is 3. The van der Waals surface area contributed by atoms with Crippen LogP contribution in [0, 0.1) is 13.8 Å². The zero-order valence-corrected chi connectivity index (χ0v) is 15.4. The Labute approximate surface area is 152 Å². The molecule has 6 nitrogen and oxygen atoms in total. The molecular formula is C20H22N4O2. The summed E-state index contributed by atoms with van der Waals surface area (Å²) in [5, 5.41) is 4.04. The van der Waals surface area contributed by atoms with E-state index in [0.29, 0.717) is 0 Å². The van der Waals surface area contributed by atoms with Crippen molar-refractivity contribution in [2.75, 3.05) is 19.0 Å². The van der Waals surface area contributed by atoms with Crippen molar-refractivity contribution in [2.45, 2.75) is 13.8 Å². The van der Waals surface area contributed by atoms with E-state index in [-0.39, 0.29) is 11.7 Å². The Bertz CT molecular complexity index is 920. The minimum absolute atomic E-state index is 0.230. The van der Waals surface area contributed by atoms with Crippen LogP contribution in [0.3, 0.4) is 0 Å². The normalized spacial score (nSPS) is 11.1. The number of nitrogens with one attached hydrogen (secondary N) is 1. The van der Waals surface area contributed by atoms with E-state index >= 15 is 0 Å².